The van der Waals surface area contributed by atoms with E-state index in [9.17, 15) is 0 Å². The van der Waals surface area contributed by atoms with Crippen molar-refractivity contribution in [3.8, 4) is 22.9 Å². The Bertz CT molecular complexity index is 2710. The molecule has 4 nitrogen and oxygen atoms in total. The van der Waals surface area contributed by atoms with Crippen molar-refractivity contribution in [3.05, 3.63) is 257 Å². The number of nitrogens with zero attached hydrogens (tertiary/aromatic N) is 2. The van der Waals surface area contributed by atoms with Gasteiger partial charge in [0.25, 0.3) is 0 Å². The van der Waals surface area contributed by atoms with Crippen LogP contribution in [0.1, 0.15) is 45.5 Å². The highest BCUT2D eigenvalue weighted by atomic mass is 16.5. The number of rotatable bonds is 6. The minimum atomic E-state index is -0.766. The molecule has 0 saturated carbocycles. The van der Waals surface area contributed by atoms with Gasteiger partial charge >= 0.3 is 0 Å². The molecule has 0 spiro atoms. The third kappa shape index (κ3) is 4.50. The van der Waals surface area contributed by atoms with Gasteiger partial charge in [-0.2, -0.15) is 4.58 Å². The summed E-state index contributed by atoms with van der Waals surface area (Å²) in [6.45, 7) is 0. The molecular formula is C52H37N2O2+. The van der Waals surface area contributed by atoms with Crippen LogP contribution in [0.15, 0.2) is 218 Å². The van der Waals surface area contributed by atoms with Gasteiger partial charge < -0.3 is 14.0 Å². The van der Waals surface area contributed by atoms with Crippen molar-refractivity contribution in [2.75, 3.05) is 0 Å². The largest absolute Gasteiger partial charge is 0.451 e. The summed E-state index contributed by atoms with van der Waals surface area (Å²) in [7, 11) is 0. The van der Waals surface area contributed by atoms with Crippen LogP contribution in [-0.4, -0.2) is 15.4 Å². The second-order valence-electron chi connectivity index (χ2n) is 14.6. The Balaban J connectivity index is 1.27. The van der Waals surface area contributed by atoms with E-state index in [4.69, 9.17) is 9.47 Å². The Hall–Kier alpha value is -7.17. The lowest BCUT2D eigenvalue weighted by Crippen LogP contribution is -2.40. The normalized spacial score (nSPS) is 15.7. The minimum absolute atomic E-state index is 0.632. The molecule has 56 heavy (non-hydrogen) atoms. The molecule has 0 saturated heterocycles. The first-order valence-electron chi connectivity index (χ1n) is 19.2. The molecule has 1 aromatic heterocycles. The van der Waals surface area contributed by atoms with Gasteiger partial charge in [0.05, 0.1) is 17.5 Å². The van der Waals surface area contributed by atoms with Crippen LogP contribution in [0.5, 0.6) is 17.2 Å². The Morgan fingerprint density at radius 1 is 0.446 bits per heavy atom. The van der Waals surface area contributed by atoms with Gasteiger partial charge in [-0.3, -0.25) is 0 Å². The van der Waals surface area contributed by atoms with Gasteiger partial charge in [-0.15, -0.1) is 0 Å². The number of para-hydroxylation sites is 2. The van der Waals surface area contributed by atoms with Gasteiger partial charge in [0.1, 0.15) is 5.41 Å². The number of allylic oxidation sites excluding steroid dienone is 2. The fourth-order valence-corrected chi connectivity index (χ4v) is 9.56. The summed E-state index contributed by atoms with van der Waals surface area (Å²) in [4.78, 5) is 0. The van der Waals surface area contributed by atoms with E-state index in [1.165, 1.54) is 0 Å². The predicted molar refractivity (Wildman–Crippen MR) is 222 cm³/mol. The zero-order valence-electron chi connectivity index (χ0n) is 30.6. The fourth-order valence-electron chi connectivity index (χ4n) is 9.56. The molecular weight excluding hydrogens is 685 g/mol. The number of ether oxygens (including phenoxy) is 2. The van der Waals surface area contributed by atoms with E-state index in [1.54, 1.807) is 0 Å². The van der Waals surface area contributed by atoms with Crippen LogP contribution in [-0.2, 0) is 10.8 Å². The van der Waals surface area contributed by atoms with Crippen molar-refractivity contribution in [3.63, 3.8) is 0 Å². The van der Waals surface area contributed by atoms with Gasteiger partial charge in [0.15, 0.2) is 29.2 Å². The quantitative estimate of drug-likeness (QED) is 0.160. The van der Waals surface area contributed by atoms with Crippen LogP contribution in [0.4, 0.5) is 5.69 Å². The molecule has 0 bridgehead atoms. The molecule has 3 aliphatic rings. The van der Waals surface area contributed by atoms with E-state index in [1.807, 2.05) is 0 Å². The zero-order valence-corrected chi connectivity index (χ0v) is 30.6. The minimum Gasteiger partial charge on any atom is -0.451 e. The van der Waals surface area contributed by atoms with Crippen LogP contribution in [0.3, 0.4) is 0 Å². The van der Waals surface area contributed by atoms with E-state index in [2.05, 4.69) is 222 Å². The van der Waals surface area contributed by atoms with Gasteiger partial charge in [0, 0.05) is 35.1 Å². The molecule has 4 heterocycles. The molecule has 3 aliphatic heterocycles. The lowest BCUT2D eigenvalue weighted by molar-refractivity contribution is -0.386. The molecule has 8 aromatic rings. The van der Waals surface area contributed by atoms with Gasteiger partial charge in [0.2, 0.25) is 11.4 Å². The highest BCUT2D eigenvalue weighted by molar-refractivity contribution is 5.78. The summed E-state index contributed by atoms with van der Waals surface area (Å²) in [6.07, 6.45) is 5.03. The smallest absolute Gasteiger partial charge is 0.245 e. The predicted octanol–water partition coefficient (Wildman–Crippen LogP) is 11.7. The van der Waals surface area contributed by atoms with Crippen molar-refractivity contribution < 1.29 is 14.0 Å². The number of aromatic nitrogens is 1. The molecule has 266 valence electrons. The van der Waals surface area contributed by atoms with Crippen LogP contribution in [0.2, 0.25) is 0 Å². The van der Waals surface area contributed by atoms with Crippen LogP contribution in [0, 0.1) is 0 Å². The molecule has 0 radical (unpaired) electrons. The number of benzene rings is 7. The summed E-state index contributed by atoms with van der Waals surface area (Å²) in [5.74, 6) is 3.17. The number of fused-ring (bicyclic) bond motifs is 4. The van der Waals surface area contributed by atoms with Crippen molar-refractivity contribution in [1.29, 1.82) is 0 Å². The summed E-state index contributed by atoms with van der Waals surface area (Å²) in [5.41, 5.74) is 9.45. The summed E-state index contributed by atoms with van der Waals surface area (Å²) >= 11 is 0. The monoisotopic (exact) mass is 721 g/mol. The number of hydrogen-bond donors (Lipinski definition) is 0. The maximum Gasteiger partial charge on any atom is 0.245 e. The molecule has 0 unspecified atom stereocenters. The average molecular weight is 722 g/mol. The zero-order chi connectivity index (χ0) is 37.1. The van der Waals surface area contributed by atoms with Crippen molar-refractivity contribution in [1.82, 2.24) is 4.57 Å². The first-order valence-corrected chi connectivity index (χ1v) is 19.2. The Morgan fingerprint density at radius 2 is 0.893 bits per heavy atom. The summed E-state index contributed by atoms with van der Waals surface area (Å²) in [6, 6.07) is 71.4. The topological polar surface area (TPSA) is 26.4 Å². The van der Waals surface area contributed by atoms with E-state index in [-0.39, 0.29) is 0 Å². The molecule has 11 rings (SSSR count). The van der Waals surface area contributed by atoms with Crippen molar-refractivity contribution in [2.24, 2.45) is 0 Å². The first kappa shape index (κ1) is 32.3. The van der Waals surface area contributed by atoms with E-state index >= 15 is 0 Å². The summed E-state index contributed by atoms with van der Waals surface area (Å²) < 4.78 is 19.3. The lowest BCUT2D eigenvalue weighted by atomic mass is 9.62. The lowest BCUT2D eigenvalue weighted by Gasteiger charge is -2.44. The third-order valence-corrected chi connectivity index (χ3v) is 11.8. The Kier molecular flexibility index (Phi) is 7.33. The molecule has 7 aromatic carbocycles. The molecule has 0 fully saturated rings. The van der Waals surface area contributed by atoms with E-state index in [0.717, 1.165) is 79.2 Å². The Morgan fingerprint density at radius 3 is 1.43 bits per heavy atom. The Labute approximate surface area is 326 Å². The van der Waals surface area contributed by atoms with Crippen LogP contribution < -0.4 is 9.47 Å². The van der Waals surface area contributed by atoms with Gasteiger partial charge in [-0.1, -0.05) is 170 Å². The third-order valence-electron chi connectivity index (χ3n) is 11.8. The fraction of sp³-hybridized carbons (Fsp3) is 0.0577. The van der Waals surface area contributed by atoms with Crippen LogP contribution >= 0.6 is 0 Å². The molecule has 0 amide bonds. The molecule has 0 atom stereocenters. The van der Waals surface area contributed by atoms with Gasteiger partial charge in [-0.05, 0) is 40.5 Å². The standard InChI is InChI=1S/C52H37N2O2/c1-7-19-37(20-8-1)51(38-21-9-2-10-22-38)43-31-32-44-48(47(43)55-45-33-35-53(49(45)51)41-27-15-5-16-28-41)56-46-34-36-54(42-29-17-6-18-30-42)50(46)52(44,39-23-11-3-12-24-39)40-25-13-4-14-26-40/h1-33,35-36H,34H2/q+1. The SMILES string of the molecule is C1=[N+](c2ccccc2)C2=C(C1)Oc1c(ccc3c1Oc1ccn(-c4ccccc4)c1C3(c1ccccc1)c1ccccc1)C2(c1ccccc1)c1ccccc1. The maximum atomic E-state index is 7.35. The molecule has 0 aliphatic carbocycles. The molecule has 4 heteroatoms. The van der Waals surface area contributed by atoms with Gasteiger partial charge in [-0.25, -0.2) is 0 Å². The van der Waals surface area contributed by atoms with Crippen LogP contribution in [0.25, 0.3) is 5.69 Å². The van der Waals surface area contributed by atoms with Crippen molar-refractivity contribution >= 4 is 11.9 Å². The highest BCUT2D eigenvalue weighted by Crippen LogP contribution is 2.63. The second kappa shape index (κ2) is 12.7. The van der Waals surface area contributed by atoms with E-state index < -0.39 is 10.8 Å². The highest BCUT2D eigenvalue weighted by Gasteiger charge is 2.58. The van der Waals surface area contributed by atoms with E-state index in [0.29, 0.717) is 6.42 Å². The molecule has 0 N–H and O–H groups in total. The average Bonchev–Trinajstić information content (AvgIpc) is 3.92. The maximum absolute atomic E-state index is 7.35. The second-order valence-corrected chi connectivity index (χ2v) is 14.6. The number of hydrogen-bond acceptors (Lipinski definition) is 2. The van der Waals surface area contributed by atoms with Crippen molar-refractivity contribution in [2.45, 2.75) is 17.3 Å². The summed E-state index contributed by atoms with van der Waals surface area (Å²) in [5, 5.41) is 0. The first-order chi connectivity index (χ1) is 27.8.